The maximum atomic E-state index is 12.3. The number of anilines is 1. The highest BCUT2D eigenvalue weighted by molar-refractivity contribution is 7.89. The number of carbonyl (C=O) groups is 1. The van der Waals surface area contributed by atoms with E-state index in [4.69, 9.17) is 4.42 Å². The van der Waals surface area contributed by atoms with Gasteiger partial charge in [-0.2, -0.15) is 5.10 Å². The van der Waals surface area contributed by atoms with Gasteiger partial charge >= 0.3 is 6.01 Å². The van der Waals surface area contributed by atoms with E-state index in [9.17, 15) is 13.2 Å². The molecule has 1 aromatic carbocycles. The topological polar surface area (TPSA) is 123 Å². The van der Waals surface area contributed by atoms with Crippen LogP contribution in [0.2, 0.25) is 0 Å². The molecule has 0 saturated heterocycles. The summed E-state index contributed by atoms with van der Waals surface area (Å²) in [5, 5.41) is 14.4. The molecule has 0 radical (unpaired) electrons. The third-order valence-electron chi connectivity index (χ3n) is 4.04. The molecular weight excluding hydrogens is 384 g/mol. The molecule has 0 aliphatic heterocycles. The first kappa shape index (κ1) is 19.7. The van der Waals surface area contributed by atoms with Crippen molar-refractivity contribution in [2.45, 2.75) is 25.3 Å². The summed E-state index contributed by atoms with van der Waals surface area (Å²) in [4.78, 5) is 12.4. The van der Waals surface area contributed by atoms with Crippen molar-refractivity contribution in [1.29, 1.82) is 0 Å². The molecule has 3 rings (SSSR count). The van der Waals surface area contributed by atoms with Crippen LogP contribution in [0.25, 0.3) is 11.5 Å². The fourth-order valence-electron chi connectivity index (χ4n) is 2.47. The van der Waals surface area contributed by atoms with Crippen LogP contribution < -0.4 is 5.32 Å². The first-order valence-electron chi connectivity index (χ1n) is 8.44. The van der Waals surface area contributed by atoms with E-state index >= 15 is 0 Å². The zero-order valence-corrected chi connectivity index (χ0v) is 16.7. The first-order valence-corrected chi connectivity index (χ1v) is 9.88. The van der Waals surface area contributed by atoms with Crippen LogP contribution >= 0.6 is 0 Å². The molecule has 0 saturated carbocycles. The number of sulfonamides is 1. The number of hydrogen-bond acceptors (Lipinski definition) is 7. The molecule has 1 amide bonds. The van der Waals surface area contributed by atoms with Gasteiger partial charge < -0.3 is 4.42 Å². The average Bonchev–Trinajstić information content (AvgIpc) is 3.28. The molecule has 2 aromatic heterocycles. The Balaban J connectivity index is 1.76. The highest BCUT2D eigenvalue weighted by Crippen LogP contribution is 2.23. The van der Waals surface area contributed by atoms with Crippen molar-refractivity contribution in [3.8, 4) is 11.5 Å². The fourth-order valence-corrected chi connectivity index (χ4v) is 3.37. The summed E-state index contributed by atoms with van der Waals surface area (Å²) in [6.45, 7) is 4.45. The van der Waals surface area contributed by atoms with E-state index < -0.39 is 15.9 Å². The molecule has 1 N–H and O–H groups in total. The van der Waals surface area contributed by atoms with Crippen LogP contribution in [0.5, 0.6) is 0 Å². The van der Waals surface area contributed by atoms with Crippen molar-refractivity contribution in [3.05, 3.63) is 41.7 Å². The molecule has 0 aliphatic rings. The predicted molar refractivity (Wildman–Crippen MR) is 101 cm³/mol. The van der Waals surface area contributed by atoms with E-state index in [0.29, 0.717) is 12.1 Å². The zero-order valence-electron chi connectivity index (χ0n) is 15.9. The Kier molecular flexibility index (Phi) is 5.29. The summed E-state index contributed by atoms with van der Waals surface area (Å²) in [5.41, 5.74) is 1.64. The van der Waals surface area contributed by atoms with Gasteiger partial charge in [-0.3, -0.25) is 14.8 Å². The minimum absolute atomic E-state index is 0.0753. The number of nitrogens with zero attached hydrogens (tertiary/aromatic N) is 5. The van der Waals surface area contributed by atoms with Gasteiger partial charge in [0.1, 0.15) is 0 Å². The molecule has 0 aliphatic carbocycles. The normalized spacial score (nSPS) is 11.8. The lowest BCUT2D eigenvalue weighted by molar-refractivity contribution is 0.101. The van der Waals surface area contributed by atoms with Gasteiger partial charge in [-0.1, -0.05) is 5.10 Å². The molecule has 0 unspecified atom stereocenters. The summed E-state index contributed by atoms with van der Waals surface area (Å²) in [7, 11) is -0.601. The smallest absolute Gasteiger partial charge is 0.322 e. The first-order chi connectivity index (χ1) is 13.2. The molecule has 0 fully saturated rings. The van der Waals surface area contributed by atoms with Gasteiger partial charge in [0, 0.05) is 31.9 Å². The summed E-state index contributed by atoms with van der Waals surface area (Å²) in [6.07, 6.45) is 0. The van der Waals surface area contributed by atoms with Gasteiger partial charge in [0.25, 0.3) is 5.91 Å². The quantitative estimate of drug-likeness (QED) is 0.664. The lowest BCUT2D eigenvalue weighted by atomic mass is 10.2. The van der Waals surface area contributed by atoms with Gasteiger partial charge in [0.2, 0.25) is 15.9 Å². The number of rotatable bonds is 6. The second kappa shape index (κ2) is 7.52. The molecule has 11 heteroatoms. The lowest BCUT2D eigenvalue weighted by Crippen LogP contribution is -2.22. The van der Waals surface area contributed by atoms with Crippen molar-refractivity contribution in [2.24, 2.45) is 0 Å². The van der Waals surface area contributed by atoms with Crippen LogP contribution in [0.3, 0.4) is 0 Å². The molecular formula is C17H20N6O4S. The Morgan fingerprint density at radius 3 is 2.46 bits per heavy atom. The monoisotopic (exact) mass is 404 g/mol. The van der Waals surface area contributed by atoms with Crippen molar-refractivity contribution in [1.82, 2.24) is 24.3 Å². The van der Waals surface area contributed by atoms with Crippen LogP contribution in [0, 0.1) is 6.92 Å². The van der Waals surface area contributed by atoms with Crippen LogP contribution in [0.4, 0.5) is 6.01 Å². The lowest BCUT2D eigenvalue weighted by Gasteiger charge is -2.11. The second-order valence-corrected chi connectivity index (χ2v) is 8.32. The van der Waals surface area contributed by atoms with Crippen molar-refractivity contribution in [3.63, 3.8) is 0 Å². The van der Waals surface area contributed by atoms with Crippen molar-refractivity contribution in [2.75, 3.05) is 19.4 Å². The van der Waals surface area contributed by atoms with Gasteiger partial charge in [-0.25, -0.2) is 12.7 Å². The third kappa shape index (κ3) is 3.80. The van der Waals surface area contributed by atoms with Crippen LogP contribution in [0.15, 0.2) is 39.6 Å². The number of hydrogen-bond donors (Lipinski definition) is 1. The van der Waals surface area contributed by atoms with E-state index in [1.165, 1.54) is 26.2 Å². The van der Waals surface area contributed by atoms with E-state index in [0.717, 1.165) is 10.00 Å². The SMILES string of the molecule is CCn1nc(C(=O)Nc2nnc(-c3ccc(S(=O)(=O)N(C)C)cc3)o2)cc1C. The number of aromatic nitrogens is 4. The van der Waals surface area contributed by atoms with E-state index in [-0.39, 0.29) is 22.5 Å². The highest BCUT2D eigenvalue weighted by Gasteiger charge is 2.19. The van der Waals surface area contributed by atoms with Gasteiger partial charge in [0.05, 0.1) is 4.90 Å². The number of aryl methyl sites for hydroxylation is 2. The Morgan fingerprint density at radius 1 is 1.21 bits per heavy atom. The van der Waals surface area contributed by atoms with E-state index in [1.807, 2.05) is 13.8 Å². The van der Waals surface area contributed by atoms with Crippen LogP contribution in [-0.2, 0) is 16.6 Å². The number of amides is 1. The van der Waals surface area contributed by atoms with E-state index in [2.05, 4.69) is 20.6 Å². The maximum absolute atomic E-state index is 12.3. The Bertz CT molecular complexity index is 1100. The largest absolute Gasteiger partial charge is 0.403 e. The summed E-state index contributed by atoms with van der Waals surface area (Å²) < 4.78 is 32.5. The highest BCUT2D eigenvalue weighted by atomic mass is 32.2. The van der Waals surface area contributed by atoms with Gasteiger partial charge in [-0.15, -0.1) is 5.10 Å². The summed E-state index contributed by atoms with van der Waals surface area (Å²) in [6, 6.07) is 7.61. The summed E-state index contributed by atoms with van der Waals surface area (Å²) in [5.74, 6) is -0.308. The third-order valence-corrected chi connectivity index (χ3v) is 5.87. The van der Waals surface area contributed by atoms with Crippen molar-refractivity contribution >= 4 is 21.9 Å². The number of carbonyl (C=O) groups excluding carboxylic acids is 1. The Labute approximate surface area is 162 Å². The molecule has 0 bridgehead atoms. The van der Waals surface area contributed by atoms with Crippen LogP contribution in [0.1, 0.15) is 23.1 Å². The standard InChI is InChI=1S/C17H20N6O4S/c1-5-23-11(2)10-14(21-23)15(24)18-17-20-19-16(27-17)12-6-8-13(9-7-12)28(25,26)22(3)4/h6-10H,5H2,1-4H3,(H,18,20,24). The minimum Gasteiger partial charge on any atom is -0.403 e. The maximum Gasteiger partial charge on any atom is 0.322 e. The average molecular weight is 404 g/mol. The number of nitrogens with one attached hydrogen (secondary N) is 1. The molecule has 10 nitrogen and oxygen atoms in total. The Hall–Kier alpha value is -3.05. The molecule has 28 heavy (non-hydrogen) atoms. The molecule has 0 atom stereocenters. The second-order valence-electron chi connectivity index (χ2n) is 6.17. The van der Waals surface area contributed by atoms with Gasteiger partial charge in [0.15, 0.2) is 5.69 Å². The van der Waals surface area contributed by atoms with Crippen LogP contribution in [-0.4, -0.2) is 52.7 Å². The van der Waals surface area contributed by atoms with Gasteiger partial charge in [-0.05, 0) is 44.2 Å². The van der Waals surface area contributed by atoms with E-state index in [1.54, 1.807) is 22.9 Å². The molecule has 148 valence electrons. The molecule has 0 spiro atoms. The minimum atomic E-state index is -3.52. The Morgan fingerprint density at radius 2 is 1.89 bits per heavy atom. The molecule has 2 heterocycles. The van der Waals surface area contributed by atoms with Crippen molar-refractivity contribution < 1.29 is 17.6 Å². The molecule has 3 aromatic rings. The fraction of sp³-hybridized carbons (Fsp3) is 0.294. The number of benzene rings is 1. The summed E-state index contributed by atoms with van der Waals surface area (Å²) >= 11 is 0. The predicted octanol–water partition coefficient (Wildman–Crippen LogP) is 1.76. The zero-order chi connectivity index (χ0) is 20.5.